The molecule has 21 heavy (non-hydrogen) atoms. The molecule has 1 atom stereocenters. The van der Waals surface area contributed by atoms with E-state index >= 15 is 0 Å². The lowest BCUT2D eigenvalue weighted by atomic mass is 10.1. The van der Waals surface area contributed by atoms with Gasteiger partial charge in [-0.05, 0) is 13.0 Å². The summed E-state index contributed by atoms with van der Waals surface area (Å²) in [4.78, 5) is 25.5. The van der Waals surface area contributed by atoms with Crippen molar-refractivity contribution in [3.8, 4) is 0 Å². The van der Waals surface area contributed by atoms with E-state index in [0.29, 0.717) is 25.2 Å². The maximum absolute atomic E-state index is 13.7. The van der Waals surface area contributed by atoms with Crippen molar-refractivity contribution in [1.29, 1.82) is 0 Å². The van der Waals surface area contributed by atoms with Gasteiger partial charge in [0.25, 0.3) is 0 Å². The lowest BCUT2D eigenvalue weighted by molar-refractivity contribution is -0.138. The summed E-state index contributed by atoms with van der Waals surface area (Å²) >= 11 is 0. The van der Waals surface area contributed by atoms with Gasteiger partial charge in [0.05, 0.1) is 12.5 Å². The van der Waals surface area contributed by atoms with Crippen molar-refractivity contribution in [3.05, 3.63) is 35.6 Å². The molecule has 0 aliphatic carbocycles. The Hall–Kier alpha value is -1.95. The van der Waals surface area contributed by atoms with E-state index in [-0.39, 0.29) is 30.6 Å². The van der Waals surface area contributed by atoms with Crippen molar-refractivity contribution in [1.82, 2.24) is 15.5 Å². The number of piperazine rings is 1. The highest BCUT2D eigenvalue weighted by molar-refractivity contribution is 5.88. The Bertz CT molecular complexity index is 521. The van der Waals surface area contributed by atoms with E-state index in [0.717, 1.165) is 0 Å². The lowest BCUT2D eigenvalue weighted by Gasteiger charge is -2.33. The zero-order valence-corrected chi connectivity index (χ0v) is 12.1. The van der Waals surface area contributed by atoms with Crippen molar-refractivity contribution in [2.75, 3.05) is 19.6 Å². The molecule has 5 nitrogen and oxygen atoms in total. The summed E-state index contributed by atoms with van der Waals surface area (Å²) in [6.07, 6.45) is 0.112. The van der Waals surface area contributed by atoms with Crippen LogP contribution in [0.15, 0.2) is 24.3 Å². The molecule has 0 spiro atoms. The van der Waals surface area contributed by atoms with Gasteiger partial charge in [-0.1, -0.05) is 18.2 Å². The Labute approximate surface area is 123 Å². The highest BCUT2D eigenvalue weighted by Gasteiger charge is 2.30. The highest BCUT2D eigenvalue weighted by Crippen LogP contribution is 2.13. The Balaban J connectivity index is 1.99. The second kappa shape index (κ2) is 7.17. The molecule has 6 heteroatoms. The fourth-order valence-electron chi connectivity index (χ4n) is 2.40. The topological polar surface area (TPSA) is 61.4 Å². The van der Waals surface area contributed by atoms with E-state index in [1.807, 2.05) is 6.92 Å². The second-order valence-electron chi connectivity index (χ2n) is 5.02. The van der Waals surface area contributed by atoms with Crippen LogP contribution in [0.2, 0.25) is 0 Å². The van der Waals surface area contributed by atoms with E-state index in [4.69, 9.17) is 0 Å². The maximum atomic E-state index is 13.7. The molecular weight excluding hydrogens is 273 g/mol. The third-order valence-corrected chi connectivity index (χ3v) is 3.46. The summed E-state index contributed by atoms with van der Waals surface area (Å²) in [5, 5.41) is 5.72. The number of carbonyl (C=O) groups excluding carboxylic acids is 2. The number of benzene rings is 1. The molecule has 2 N–H and O–H groups in total. The van der Waals surface area contributed by atoms with E-state index in [1.54, 1.807) is 23.1 Å². The third kappa shape index (κ3) is 4.01. The van der Waals surface area contributed by atoms with Gasteiger partial charge in [-0.2, -0.15) is 0 Å². The number of amides is 2. The summed E-state index contributed by atoms with van der Waals surface area (Å²) in [5.74, 6) is -0.629. The highest BCUT2D eigenvalue weighted by atomic mass is 19.1. The summed E-state index contributed by atoms with van der Waals surface area (Å²) in [7, 11) is 0. The van der Waals surface area contributed by atoms with Crippen molar-refractivity contribution >= 4 is 11.8 Å². The molecule has 0 aromatic heterocycles. The number of rotatable bonds is 5. The van der Waals surface area contributed by atoms with Crippen molar-refractivity contribution < 1.29 is 14.0 Å². The zero-order valence-electron chi connectivity index (χ0n) is 12.1. The first-order valence-corrected chi connectivity index (χ1v) is 7.14. The van der Waals surface area contributed by atoms with Crippen LogP contribution in [0.25, 0.3) is 0 Å². The van der Waals surface area contributed by atoms with Crippen LogP contribution in [-0.4, -0.2) is 42.4 Å². The molecule has 1 saturated heterocycles. The van der Waals surface area contributed by atoms with Crippen molar-refractivity contribution in [3.63, 3.8) is 0 Å². The van der Waals surface area contributed by atoms with Crippen LogP contribution in [0.4, 0.5) is 4.39 Å². The van der Waals surface area contributed by atoms with Gasteiger partial charge in [0.15, 0.2) is 0 Å². The summed E-state index contributed by atoms with van der Waals surface area (Å²) in [5.41, 5.74) is 0.490. The van der Waals surface area contributed by atoms with Crippen LogP contribution < -0.4 is 10.6 Å². The van der Waals surface area contributed by atoms with Gasteiger partial charge in [0.1, 0.15) is 5.82 Å². The quantitative estimate of drug-likeness (QED) is 0.838. The van der Waals surface area contributed by atoms with E-state index in [2.05, 4.69) is 10.6 Å². The average Bonchev–Trinajstić information content (AvgIpc) is 2.46. The molecule has 0 saturated carbocycles. The standard InChI is InChI=1S/C15H20FN3O2/c1-2-17-14(20)9-13-15(21)19(8-7-18-13)10-11-5-3-4-6-12(11)16/h3-6,13,18H,2,7-10H2,1H3,(H,17,20). The average molecular weight is 293 g/mol. The molecule has 0 radical (unpaired) electrons. The van der Waals surface area contributed by atoms with E-state index in [1.165, 1.54) is 6.07 Å². The van der Waals surface area contributed by atoms with Crippen LogP contribution in [0.1, 0.15) is 18.9 Å². The molecule has 114 valence electrons. The molecule has 0 bridgehead atoms. The third-order valence-electron chi connectivity index (χ3n) is 3.46. The van der Waals surface area contributed by atoms with Gasteiger partial charge in [-0.3, -0.25) is 9.59 Å². The van der Waals surface area contributed by atoms with Crippen molar-refractivity contribution in [2.45, 2.75) is 25.9 Å². The van der Waals surface area contributed by atoms with E-state index in [9.17, 15) is 14.0 Å². The molecule has 2 amide bonds. The Morgan fingerprint density at radius 2 is 2.24 bits per heavy atom. The van der Waals surface area contributed by atoms with Gasteiger partial charge < -0.3 is 15.5 Å². The minimum Gasteiger partial charge on any atom is -0.356 e. The summed E-state index contributed by atoms with van der Waals surface area (Å²) in [6, 6.07) is 5.89. The molecule has 1 aliphatic rings. The molecule has 1 aromatic carbocycles. The van der Waals surface area contributed by atoms with Crippen LogP contribution in [0.5, 0.6) is 0 Å². The van der Waals surface area contributed by atoms with Gasteiger partial charge in [-0.15, -0.1) is 0 Å². The fraction of sp³-hybridized carbons (Fsp3) is 0.467. The minimum atomic E-state index is -0.530. The normalized spacial score (nSPS) is 18.7. The van der Waals surface area contributed by atoms with Crippen LogP contribution in [0, 0.1) is 5.82 Å². The second-order valence-corrected chi connectivity index (χ2v) is 5.02. The Morgan fingerprint density at radius 3 is 2.95 bits per heavy atom. The summed E-state index contributed by atoms with van der Waals surface area (Å²) < 4.78 is 13.7. The minimum absolute atomic E-state index is 0.112. The number of halogens is 1. The molecule has 1 fully saturated rings. The Kier molecular flexibility index (Phi) is 5.27. The first-order chi connectivity index (χ1) is 10.1. The SMILES string of the molecule is CCNC(=O)CC1NCCN(Cc2ccccc2F)C1=O. The first-order valence-electron chi connectivity index (χ1n) is 7.14. The summed E-state index contributed by atoms with van der Waals surface area (Å²) in [6.45, 7) is 3.72. The van der Waals surface area contributed by atoms with Gasteiger partial charge in [0.2, 0.25) is 11.8 Å². The van der Waals surface area contributed by atoms with Crippen LogP contribution in [-0.2, 0) is 16.1 Å². The van der Waals surface area contributed by atoms with Gasteiger partial charge in [0, 0.05) is 31.7 Å². The smallest absolute Gasteiger partial charge is 0.240 e. The molecule has 1 unspecified atom stereocenters. The molecule has 1 heterocycles. The number of hydrogen-bond acceptors (Lipinski definition) is 3. The predicted octanol–water partition coefficient (Wildman–Crippen LogP) is 0.652. The predicted molar refractivity (Wildman–Crippen MR) is 76.9 cm³/mol. The maximum Gasteiger partial charge on any atom is 0.240 e. The molecule has 1 aliphatic heterocycles. The molecule has 2 rings (SSSR count). The van der Waals surface area contributed by atoms with Gasteiger partial charge in [-0.25, -0.2) is 4.39 Å². The number of nitrogens with zero attached hydrogens (tertiary/aromatic N) is 1. The first kappa shape index (κ1) is 15.4. The fourth-order valence-corrected chi connectivity index (χ4v) is 2.40. The Morgan fingerprint density at radius 1 is 1.48 bits per heavy atom. The monoisotopic (exact) mass is 293 g/mol. The lowest BCUT2D eigenvalue weighted by Crippen LogP contribution is -2.55. The zero-order chi connectivity index (χ0) is 15.2. The largest absolute Gasteiger partial charge is 0.356 e. The van der Waals surface area contributed by atoms with Crippen molar-refractivity contribution in [2.24, 2.45) is 0 Å². The molecule has 1 aromatic rings. The van der Waals surface area contributed by atoms with Gasteiger partial charge >= 0.3 is 0 Å². The van der Waals surface area contributed by atoms with Crippen LogP contribution in [0.3, 0.4) is 0 Å². The van der Waals surface area contributed by atoms with E-state index < -0.39 is 6.04 Å². The molecular formula is C15H20FN3O2. The number of nitrogens with one attached hydrogen (secondary N) is 2. The van der Waals surface area contributed by atoms with Crippen LogP contribution >= 0.6 is 0 Å². The number of carbonyl (C=O) groups is 2. The number of hydrogen-bond donors (Lipinski definition) is 2.